The highest BCUT2D eigenvalue weighted by atomic mass is 32.2. The van der Waals surface area contributed by atoms with Gasteiger partial charge in [-0.05, 0) is 62.4 Å². The number of amides is 1. The molecular formula is C20H21N3O5S. The predicted octanol–water partition coefficient (Wildman–Crippen LogP) is 3.49. The second kappa shape index (κ2) is 8.36. The minimum Gasteiger partial charge on any atom is -0.489 e. The fourth-order valence-electron chi connectivity index (χ4n) is 2.60. The summed E-state index contributed by atoms with van der Waals surface area (Å²) >= 11 is 0. The Morgan fingerprint density at radius 1 is 1.03 bits per heavy atom. The molecule has 0 bridgehead atoms. The van der Waals surface area contributed by atoms with Gasteiger partial charge in [0, 0.05) is 16.9 Å². The van der Waals surface area contributed by atoms with Gasteiger partial charge in [0.05, 0.1) is 17.5 Å². The summed E-state index contributed by atoms with van der Waals surface area (Å²) in [6, 6.07) is 13.1. The molecule has 1 aromatic heterocycles. The van der Waals surface area contributed by atoms with E-state index in [0.29, 0.717) is 29.3 Å². The molecule has 0 aliphatic carbocycles. The number of hydrogen-bond acceptors (Lipinski definition) is 6. The Morgan fingerprint density at radius 2 is 1.66 bits per heavy atom. The molecule has 0 fully saturated rings. The van der Waals surface area contributed by atoms with E-state index in [1.54, 1.807) is 48.5 Å². The average Bonchev–Trinajstić information content (AvgIpc) is 2.98. The summed E-state index contributed by atoms with van der Waals surface area (Å²) in [4.78, 5) is 12.4. The van der Waals surface area contributed by atoms with Crippen molar-refractivity contribution in [2.24, 2.45) is 0 Å². The Bertz CT molecular complexity index is 1080. The highest BCUT2D eigenvalue weighted by Crippen LogP contribution is 2.19. The van der Waals surface area contributed by atoms with Gasteiger partial charge >= 0.3 is 0 Å². The standard InChI is InChI=1S/C20H21N3O5S/c1-13-19(14(2)28-22-13)12-27-18-10-4-15(5-11-18)20(24)21-16-6-8-17(9-7-16)23-29(3,25)26/h4-11,23H,12H2,1-3H3,(H,21,24). The van der Waals surface area contributed by atoms with Gasteiger partial charge in [0.1, 0.15) is 18.1 Å². The number of anilines is 2. The molecule has 0 aliphatic heterocycles. The van der Waals surface area contributed by atoms with Crippen LogP contribution in [0.4, 0.5) is 11.4 Å². The van der Waals surface area contributed by atoms with Crippen LogP contribution in [0.25, 0.3) is 0 Å². The van der Waals surface area contributed by atoms with Crippen LogP contribution in [0.15, 0.2) is 53.1 Å². The molecule has 0 unspecified atom stereocenters. The third kappa shape index (κ3) is 5.58. The Kier molecular flexibility index (Phi) is 5.88. The van der Waals surface area contributed by atoms with Crippen LogP contribution in [0.2, 0.25) is 0 Å². The molecule has 0 spiro atoms. The highest BCUT2D eigenvalue weighted by Gasteiger charge is 2.11. The molecule has 0 saturated heterocycles. The number of aryl methyl sites for hydroxylation is 2. The van der Waals surface area contributed by atoms with Crippen molar-refractivity contribution in [1.29, 1.82) is 0 Å². The summed E-state index contributed by atoms with van der Waals surface area (Å²) in [5.41, 5.74) is 3.13. The zero-order valence-corrected chi connectivity index (χ0v) is 17.0. The van der Waals surface area contributed by atoms with Gasteiger partial charge in [0.2, 0.25) is 10.0 Å². The van der Waals surface area contributed by atoms with Crippen LogP contribution in [0, 0.1) is 13.8 Å². The van der Waals surface area contributed by atoms with Gasteiger partial charge in [-0.3, -0.25) is 9.52 Å². The number of benzene rings is 2. The van der Waals surface area contributed by atoms with E-state index >= 15 is 0 Å². The molecule has 1 amide bonds. The molecule has 0 radical (unpaired) electrons. The van der Waals surface area contributed by atoms with Crippen LogP contribution in [0.1, 0.15) is 27.4 Å². The van der Waals surface area contributed by atoms with Gasteiger partial charge in [-0.1, -0.05) is 5.16 Å². The van der Waals surface area contributed by atoms with Crippen molar-refractivity contribution >= 4 is 27.3 Å². The van der Waals surface area contributed by atoms with Gasteiger partial charge in [-0.15, -0.1) is 0 Å². The lowest BCUT2D eigenvalue weighted by Crippen LogP contribution is -2.12. The van der Waals surface area contributed by atoms with Crippen LogP contribution in [-0.4, -0.2) is 25.7 Å². The number of hydrogen-bond donors (Lipinski definition) is 2. The number of nitrogens with one attached hydrogen (secondary N) is 2. The zero-order chi connectivity index (χ0) is 21.0. The van der Waals surface area contributed by atoms with Crippen molar-refractivity contribution in [3.05, 3.63) is 71.1 Å². The van der Waals surface area contributed by atoms with Gasteiger partial charge in [0.15, 0.2) is 0 Å². The van der Waals surface area contributed by atoms with E-state index in [1.165, 1.54) is 0 Å². The largest absolute Gasteiger partial charge is 0.489 e. The number of aromatic nitrogens is 1. The molecule has 0 atom stereocenters. The Balaban J connectivity index is 1.58. The van der Waals surface area contributed by atoms with Crippen molar-refractivity contribution in [2.45, 2.75) is 20.5 Å². The second-order valence-electron chi connectivity index (χ2n) is 6.52. The zero-order valence-electron chi connectivity index (χ0n) is 16.2. The van der Waals surface area contributed by atoms with E-state index in [0.717, 1.165) is 23.3 Å². The summed E-state index contributed by atoms with van der Waals surface area (Å²) in [5.74, 6) is 1.06. The quantitative estimate of drug-likeness (QED) is 0.611. The Morgan fingerprint density at radius 3 is 2.21 bits per heavy atom. The minimum absolute atomic E-state index is 0.286. The Labute approximate surface area is 168 Å². The number of carbonyl (C=O) groups is 1. The summed E-state index contributed by atoms with van der Waals surface area (Å²) in [7, 11) is -3.34. The maximum Gasteiger partial charge on any atom is 0.255 e. The molecule has 3 rings (SSSR count). The first-order valence-corrected chi connectivity index (χ1v) is 10.6. The van der Waals surface area contributed by atoms with Crippen LogP contribution >= 0.6 is 0 Å². The number of sulfonamides is 1. The van der Waals surface area contributed by atoms with Crippen molar-refractivity contribution < 1.29 is 22.5 Å². The molecule has 3 aromatic rings. The van der Waals surface area contributed by atoms with Crippen LogP contribution in [-0.2, 0) is 16.6 Å². The monoisotopic (exact) mass is 415 g/mol. The van der Waals surface area contributed by atoms with Gasteiger partial charge in [-0.25, -0.2) is 8.42 Å². The fraction of sp³-hybridized carbons (Fsp3) is 0.200. The number of carbonyl (C=O) groups excluding carboxylic acids is 1. The second-order valence-corrected chi connectivity index (χ2v) is 8.27. The smallest absolute Gasteiger partial charge is 0.255 e. The van der Waals surface area contributed by atoms with Crippen molar-refractivity contribution in [2.75, 3.05) is 16.3 Å². The Hall–Kier alpha value is -3.33. The molecule has 0 saturated carbocycles. The predicted molar refractivity (Wildman–Crippen MR) is 110 cm³/mol. The maximum absolute atomic E-state index is 12.4. The van der Waals surface area contributed by atoms with Crippen LogP contribution in [0.3, 0.4) is 0 Å². The van der Waals surface area contributed by atoms with Gasteiger partial charge < -0.3 is 14.6 Å². The lowest BCUT2D eigenvalue weighted by molar-refractivity contribution is 0.102. The van der Waals surface area contributed by atoms with Gasteiger partial charge in [0.25, 0.3) is 5.91 Å². The number of nitrogens with zero attached hydrogens (tertiary/aromatic N) is 1. The van der Waals surface area contributed by atoms with E-state index in [4.69, 9.17) is 9.26 Å². The first-order chi connectivity index (χ1) is 13.7. The number of rotatable bonds is 7. The molecule has 152 valence electrons. The van der Waals surface area contributed by atoms with E-state index in [9.17, 15) is 13.2 Å². The van der Waals surface area contributed by atoms with E-state index in [2.05, 4.69) is 15.2 Å². The maximum atomic E-state index is 12.4. The molecule has 8 nitrogen and oxygen atoms in total. The average molecular weight is 415 g/mol. The molecule has 2 N–H and O–H groups in total. The molecule has 0 aliphatic rings. The third-order valence-corrected chi connectivity index (χ3v) is 4.73. The summed E-state index contributed by atoms with van der Waals surface area (Å²) in [6.07, 6.45) is 1.07. The summed E-state index contributed by atoms with van der Waals surface area (Å²) < 4.78 is 35.6. The molecule has 1 heterocycles. The minimum atomic E-state index is -3.34. The SMILES string of the molecule is Cc1noc(C)c1COc1ccc(C(=O)Nc2ccc(NS(C)(=O)=O)cc2)cc1. The summed E-state index contributed by atoms with van der Waals surface area (Å²) in [6.45, 7) is 4.02. The lowest BCUT2D eigenvalue weighted by atomic mass is 10.2. The first kappa shape index (κ1) is 20.4. The molecule has 2 aromatic carbocycles. The van der Waals surface area contributed by atoms with Gasteiger partial charge in [-0.2, -0.15) is 0 Å². The summed E-state index contributed by atoms with van der Waals surface area (Å²) in [5, 5.41) is 6.65. The topological polar surface area (TPSA) is 111 Å². The normalized spacial score (nSPS) is 11.1. The van der Waals surface area contributed by atoms with Crippen molar-refractivity contribution in [3.63, 3.8) is 0 Å². The van der Waals surface area contributed by atoms with Crippen LogP contribution < -0.4 is 14.8 Å². The van der Waals surface area contributed by atoms with Crippen LogP contribution in [0.5, 0.6) is 5.75 Å². The molecule has 29 heavy (non-hydrogen) atoms. The fourth-order valence-corrected chi connectivity index (χ4v) is 3.17. The highest BCUT2D eigenvalue weighted by molar-refractivity contribution is 7.92. The first-order valence-electron chi connectivity index (χ1n) is 8.75. The van der Waals surface area contributed by atoms with E-state index in [1.807, 2.05) is 13.8 Å². The van der Waals surface area contributed by atoms with Crippen molar-refractivity contribution in [3.8, 4) is 5.75 Å². The molecule has 9 heteroatoms. The number of ether oxygens (including phenoxy) is 1. The van der Waals surface area contributed by atoms with Crippen molar-refractivity contribution in [1.82, 2.24) is 5.16 Å². The van der Waals surface area contributed by atoms with E-state index in [-0.39, 0.29) is 5.91 Å². The molecular weight excluding hydrogens is 394 g/mol. The lowest BCUT2D eigenvalue weighted by Gasteiger charge is -2.09. The third-order valence-electron chi connectivity index (χ3n) is 4.13. The van der Waals surface area contributed by atoms with E-state index < -0.39 is 10.0 Å².